The van der Waals surface area contributed by atoms with Gasteiger partial charge in [-0.2, -0.15) is 0 Å². The molecule has 0 aromatic heterocycles. The van der Waals surface area contributed by atoms with E-state index in [1.165, 1.54) is 38.3 Å². The number of carboxylic acid groups (broad SMARTS) is 2. The van der Waals surface area contributed by atoms with E-state index in [0.29, 0.717) is 5.75 Å². The van der Waals surface area contributed by atoms with Crippen LogP contribution in [0, 0.1) is 0 Å². The van der Waals surface area contributed by atoms with Gasteiger partial charge in [-0.3, -0.25) is 43.5 Å². The van der Waals surface area contributed by atoms with Gasteiger partial charge in [-0.25, -0.2) is 0 Å². The number of aliphatic hydroxyl groups excluding tert-OH is 1. The predicted molar refractivity (Wildman–Crippen MR) is 183 cm³/mol. The molecule has 18 heteroatoms. The number of amides is 3. The van der Waals surface area contributed by atoms with Crippen molar-refractivity contribution in [2.75, 3.05) is 77.5 Å². The lowest BCUT2D eigenvalue weighted by atomic mass is 10.2. The normalized spacial score (nSPS) is 12.7. The number of carbonyl (C=O) groups excluding carboxylic acids is 4. The Hall–Kier alpha value is -2.90. The number of Topliss-reactive ketones (excluding diaryl/α,β-unsaturated/α-hetero) is 1. The fourth-order valence-electron chi connectivity index (χ4n) is 4.14. The Bertz CT molecular complexity index is 1030. The minimum atomic E-state index is -1.20. The van der Waals surface area contributed by atoms with Crippen LogP contribution in [0.25, 0.3) is 0 Å². The van der Waals surface area contributed by atoms with Gasteiger partial charge in [0.05, 0.1) is 44.5 Å². The average molecular weight is 708 g/mol. The van der Waals surface area contributed by atoms with Gasteiger partial charge in [0.15, 0.2) is 0 Å². The quantitative estimate of drug-likeness (QED) is 0.0317. The Kier molecular flexibility index (Phi) is 22.8. The number of aliphatic carboxylic acids is 2. The number of rotatable bonds is 27. The molecule has 0 aliphatic carbocycles. The molecule has 0 fully saturated rings. The third-order valence-corrected chi connectivity index (χ3v) is 8.56. The molecule has 0 bridgehead atoms. The van der Waals surface area contributed by atoms with Gasteiger partial charge in [0, 0.05) is 49.8 Å². The molecular formula is C29H53N7O9S2. The maximum absolute atomic E-state index is 13.1. The molecular weight excluding hydrogens is 654 g/mol. The molecule has 2 unspecified atom stereocenters. The van der Waals surface area contributed by atoms with Gasteiger partial charge in [-0.05, 0) is 41.7 Å². The number of hydrogen-bond acceptors (Lipinski definition) is 13. The highest BCUT2D eigenvalue weighted by molar-refractivity contribution is 8.76. The third kappa shape index (κ3) is 23.1. The lowest BCUT2D eigenvalue weighted by Crippen LogP contribution is -2.53. The van der Waals surface area contributed by atoms with Crippen LogP contribution in [0.4, 0.5) is 0 Å². The van der Waals surface area contributed by atoms with E-state index in [1.54, 1.807) is 25.8 Å². The first kappa shape index (κ1) is 44.1. The summed E-state index contributed by atoms with van der Waals surface area (Å²) < 4.78 is 0. The van der Waals surface area contributed by atoms with E-state index in [9.17, 15) is 44.1 Å². The molecule has 0 aliphatic rings. The minimum Gasteiger partial charge on any atom is -0.512 e. The number of ketones is 1. The predicted octanol–water partition coefficient (Wildman–Crippen LogP) is -0.774. The van der Waals surface area contributed by atoms with E-state index >= 15 is 0 Å². The number of carboxylic acids is 2. The van der Waals surface area contributed by atoms with Gasteiger partial charge in [0.1, 0.15) is 11.8 Å². The Morgan fingerprint density at radius 3 is 1.49 bits per heavy atom. The van der Waals surface area contributed by atoms with E-state index in [0.717, 1.165) is 0 Å². The molecule has 0 aromatic carbocycles. The van der Waals surface area contributed by atoms with Crippen LogP contribution in [0.3, 0.4) is 0 Å². The highest BCUT2D eigenvalue weighted by Crippen LogP contribution is 2.23. The molecule has 0 saturated carbocycles. The lowest BCUT2D eigenvalue weighted by molar-refractivity contribution is -0.140. The van der Waals surface area contributed by atoms with Crippen LogP contribution >= 0.6 is 21.6 Å². The SMILES string of the molecule is C=C(O)CN(CCN(CCN(CC(=O)O)CC(=O)NC(CSSCC(NC)C(=O)NC(C)C)C(=O)NC(C)C)CC(=O)O)CC(C)=O. The van der Waals surface area contributed by atoms with Crippen LogP contribution in [0.5, 0.6) is 0 Å². The first-order chi connectivity index (χ1) is 21.9. The number of nitrogens with zero attached hydrogens (tertiary/aromatic N) is 3. The minimum absolute atomic E-state index is 0.0166. The Morgan fingerprint density at radius 1 is 0.638 bits per heavy atom. The van der Waals surface area contributed by atoms with Crippen molar-refractivity contribution < 1.29 is 44.1 Å². The summed E-state index contributed by atoms with van der Waals surface area (Å²) >= 11 is 0. The zero-order valence-corrected chi connectivity index (χ0v) is 29.9. The van der Waals surface area contributed by atoms with Crippen molar-refractivity contribution in [3.05, 3.63) is 12.3 Å². The molecule has 16 nitrogen and oxygen atoms in total. The third-order valence-electron chi connectivity index (χ3n) is 6.13. The van der Waals surface area contributed by atoms with Crippen molar-refractivity contribution in [3.8, 4) is 0 Å². The molecule has 0 rings (SSSR count). The second-order valence-corrected chi connectivity index (χ2v) is 14.2. The standard InChI is InChI=1S/C29H53N7O9S2/c1-19(2)31-28(44)23(30-7)17-46-47-18-24(29(45)32-20(3)4)33-25(39)14-36(16-27(42)43)11-9-34(15-26(40)41)8-10-35(12-21(5)37)13-22(6)38/h19-20,23-24,30,37H,5,8-18H2,1-4,6-7H3,(H,31,44)(H,32,45)(H,33,39)(H,40,41)(H,42,43). The number of carbonyl (C=O) groups is 6. The van der Waals surface area contributed by atoms with Gasteiger partial charge in [0.2, 0.25) is 17.7 Å². The molecule has 0 saturated heterocycles. The van der Waals surface area contributed by atoms with Crippen molar-refractivity contribution in [3.63, 3.8) is 0 Å². The first-order valence-corrected chi connectivity index (χ1v) is 17.7. The molecule has 0 aliphatic heterocycles. The Labute approximate surface area is 285 Å². The fraction of sp³-hybridized carbons (Fsp3) is 0.724. The highest BCUT2D eigenvalue weighted by Gasteiger charge is 2.25. The molecule has 47 heavy (non-hydrogen) atoms. The summed E-state index contributed by atoms with van der Waals surface area (Å²) in [7, 11) is 4.35. The van der Waals surface area contributed by atoms with Gasteiger partial charge >= 0.3 is 11.9 Å². The van der Waals surface area contributed by atoms with Crippen molar-refractivity contribution in [2.45, 2.75) is 58.8 Å². The van der Waals surface area contributed by atoms with Crippen LogP contribution in [0.15, 0.2) is 12.3 Å². The second kappa shape index (κ2) is 24.3. The van der Waals surface area contributed by atoms with Crippen LogP contribution in [0.2, 0.25) is 0 Å². The van der Waals surface area contributed by atoms with E-state index in [-0.39, 0.29) is 87.6 Å². The van der Waals surface area contributed by atoms with Crippen LogP contribution < -0.4 is 21.3 Å². The summed E-state index contributed by atoms with van der Waals surface area (Å²) in [5.74, 6) is -3.18. The van der Waals surface area contributed by atoms with E-state index in [2.05, 4.69) is 27.8 Å². The average Bonchev–Trinajstić information content (AvgIpc) is 2.91. The van der Waals surface area contributed by atoms with Gasteiger partial charge in [-0.1, -0.05) is 28.2 Å². The molecule has 0 spiro atoms. The monoisotopic (exact) mass is 707 g/mol. The van der Waals surface area contributed by atoms with Crippen LogP contribution in [-0.4, -0.2) is 167 Å². The summed E-state index contributed by atoms with van der Waals surface area (Å²) in [5.41, 5.74) is 0. The number of hydrogen-bond donors (Lipinski definition) is 7. The molecule has 0 heterocycles. The molecule has 0 radical (unpaired) electrons. The van der Waals surface area contributed by atoms with Crippen molar-refractivity contribution in [1.29, 1.82) is 0 Å². The number of likely N-dealkylation sites (N-methyl/N-ethyl adjacent to an activating group) is 1. The van der Waals surface area contributed by atoms with Crippen molar-refractivity contribution in [2.24, 2.45) is 0 Å². The zero-order chi connectivity index (χ0) is 36.1. The maximum Gasteiger partial charge on any atom is 0.317 e. The fourth-order valence-corrected chi connectivity index (χ4v) is 6.55. The van der Waals surface area contributed by atoms with Crippen molar-refractivity contribution >= 4 is 57.0 Å². The smallest absolute Gasteiger partial charge is 0.317 e. The highest BCUT2D eigenvalue weighted by atomic mass is 33.1. The van der Waals surface area contributed by atoms with Crippen molar-refractivity contribution in [1.82, 2.24) is 36.0 Å². The number of nitrogens with one attached hydrogen (secondary N) is 4. The van der Waals surface area contributed by atoms with Crippen LogP contribution in [-0.2, 0) is 28.8 Å². The van der Waals surface area contributed by atoms with Gasteiger partial charge in [0.25, 0.3) is 0 Å². The lowest BCUT2D eigenvalue weighted by Gasteiger charge is -2.28. The summed E-state index contributed by atoms with van der Waals surface area (Å²) in [6.07, 6.45) is 0. The van der Waals surface area contributed by atoms with Gasteiger partial charge in [-0.15, -0.1) is 0 Å². The van der Waals surface area contributed by atoms with E-state index in [4.69, 9.17) is 0 Å². The molecule has 270 valence electrons. The van der Waals surface area contributed by atoms with Crippen LogP contribution in [0.1, 0.15) is 34.6 Å². The zero-order valence-electron chi connectivity index (χ0n) is 28.2. The van der Waals surface area contributed by atoms with E-state index < -0.39 is 42.4 Å². The summed E-state index contributed by atoms with van der Waals surface area (Å²) in [5, 5.41) is 39.7. The van der Waals surface area contributed by atoms with Gasteiger partial charge < -0.3 is 36.6 Å². The Morgan fingerprint density at radius 2 is 1.06 bits per heavy atom. The second-order valence-electron chi connectivity index (χ2n) is 11.6. The first-order valence-electron chi connectivity index (χ1n) is 15.2. The summed E-state index contributed by atoms with van der Waals surface area (Å²) in [6.45, 7) is 11.4. The summed E-state index contributed by atoms with van der Waals surface area (Å²) in [4.78, 5) is 77.5. The molecule has 7 N–H and O–H groups in total. The molecule has 3 amide bonds. The topological polar surface area (TPSA) is 221 Å². The number of aliphatic hydroxyl groups is 1. The molecule has 0 aromatic rings. The maximum atomic E-state index is 13.1. The van der Waals surface area contributed by atoms with E-state index in [1.807, 2.05) is 13.8 Å². The molecule has 2 atom stereocenters. The summed E-state index contributed by atoms with van der Waals surface area (Å²) in [6, 6.07) is -1.61. The Balaban J connectivity index is 5.45. The largest absolute Gasteiger partial charge is 0.512 e.